The van der Waals surface area contributed by atoms with Crippen molar-refractivity contribution in [3.63, 3.8) is 0 Å². The molecule has 0 aromatic carbocycles. The summed E-state index contributed by atoms with van der Waals surface area (Å²) in [5, 5.41) is 9.18. The second-order valence-corrected chi connectivity index (χ2v) is 2.17. The SMILES string of the molecule is CCC(C)(O)OCCN. The third kappa shape index (κ3) is 4.39. The fourth-order valence-corrected chi connectivity index (χ4v) is 0.381. The second kappa shape index (κ2) is 3.82. The lowest BCUT2D eigenvalue weighted by Crippen LogP contribution is -2.29. The summed E-state index contributed by atoms with van der Waals surface area (Å²) in [4.78, 5) is 0. The van der Waals surface area contributed by atoms with E-state index in [9.17, 15) is 5.11 Å². The van der Waals surface area contributed by atoms with Gasteiger partial charge >= 0.3 is 0 Å². The highest BCUT2D eigenvalue weighted by Crippen LogP contribution is 2.08. The molecule has 0 fully saturated rings. The highest BCUT2D eigenvalue weighted by atomic mass is 16.6. The molecule has 1 atom stereocenters. The molecule has 0 heterocycles. The Labute approximate surface area is 55.8 Å². The van der Waals surface area contributed by atoms with Gasteiger partial charge in [-0.15, -0.1) is 0 Å². The summed E-state index contributed by atoms with van der Waals surface area (Å²) >= 11 is 0. The van der Waals surface area contributed by atoms with Crippen LogP contribution in [0.25, 0.3) is 0 Å². The standard InChI is InChI=1S/C6H15NO2/c1-3-6(2,8)9-5-4-7/h8H,3-5,7H2,1-2H3. The summed E-state index contributed by atoms with van der Waals surface area (Å²) in [6, 6.07) is 0. The van der Waals surface area contributed by atoms with E-state index in [1.807, 2.05) is 6.92 Å². The van der Waals surface area contributed by atoms with Crippen LogP contribution in [-0.4, -0.2) is 24.0 Å². The van der Waals surface area contributed by atoms with Crippen LogP contribution in [0.15, 0.2) is 0 Å². The van der Waals surface area contributed by atoms with Crippen LogP contribution in [0.4, 0.5) is 0 Å². The van der Waals surface area contributed by atoms with Gasteiger partial charge in [-0.05, 0) is 13.3 Å². The Kier molecular flexibility index (Phi) is 3.77. The molecule has 0 aromatic rings. The molecule has 0 bridgehead atoms. The topological polar surface area (TPSA) is 55.5 Å². The lowest BCUT2D eigenvalue weighted by atomic mass is 10.2. The molecule has 1 unspecified atom stereocenters. The van der Waals surface area contributed by atoms with Gasteiger partial charge in [-0.3, -0.25) is 0 Å². The van der Waals surface area contributed by atoms with Gasteiger partial charge in [0.05, 0.1) is 6.61 Å². The molecule has 56 valence electrons. The second-order valence-electron chi connectivity index (χ2n) is 2.17. The van der Waals surface area contributed by atoms with E-state index >= 15 is 0 Å². The Morgan fingerprint density at radius 3 is 2.56 bits per heavy atom. The fourth-order valence-electron chi connectivity index (χ4n) is 0.381. The van der Waals surface area contributed by atoms with Gasteiger partial charge in [0.15, 0.2) is 5.79 Å². The fraction of sp³-hybridized carbons (Fsp3) is 1.00. The lowest BCUT2D eigenvalue weighted by molar-refractivity contribution is -0.189. The zero-order chi connectivity index (χ0) is 7.33. The molecule has 3 heteroatoms. The molecule has 3 nitrogen and oxygen atoms in total. The van der Waals surface area contributed by atoms with E-state index in [4.69, 9.17) is 10.5 Å². The van der Waals surface area contributed by atoms with E-state index in [1.54, 1.807) is 6.92 Å². The molecule has 0 aliphatic rings. The monoisotopic (exact) mass is 133 g/mol. The molecular formula is C6H15NO2. The molecular weight excluding hydrogens is 118 g/mol. The van der Waals surface area contributed by atoms with Crippen LogP contribution in [0, 0.1) is 0 Å². The predicted octanol–water partition coefficient (Wildman–Crippen LogP) is 0.0802. The van der Waals surface area contributed by atoms with E-state index in [1.165, 1.54) is 0 Å². The first-order valence-corrected chi connectivity index (χ1v) is 3.19. The summed E-state index contributed by atoms with van der Waals surface area (Å²) in [5.41, 5.74) is 5.15. The van der Waals surface area contributed by atoms with Crippen LogP contribution in [0.1, 0.15) is 20.3 Å². The maximum absolute atomic E-state index is 9.18. The van der Waals surface area contributed by atoms with E-state index in [0.29, 0.717) is 19.6 Å². The summed E-state index contributed by atoms with van der Waals surface area (Å²) in [7, 11) is 0. The summed E-state index contributed by atoms with van der Waals surface area (Å²) in [5.74, 6) is -0.987. The minimum absolute atomic E-state index is 0.418. The number of nitrogens with two attached hydrogens (primary N) is 1. The molecule has 0 saturated heterocycles. The minimum atomic E-state index is -0.987. The number of aliphatic hydroxyl groups is 1. The quantitative estimate of drug-likeness (QED) is 0.534. The van der Waals surface area contributed by atoms with Crippen LogP contribution in [-0.2, 0) is 4.74 Å². The average Bonchev–Trinajstić information content (AvgIpc) is 1.84. The van der Waals surface area contributed by atoms with Gasteiger partial charge in [0.2, 0.25) is 0 Å². The number of ether oxygens (including phenoxy) is 1. The minimum Gasteiger partial charge on any atom is -0.366 e. The van der Waals surface area contributed by atoms with Gasteiger partial charge in [0, 0.05) is 6.54 Å². The van der Waals surface area contributed by atoms with Crippen LogP contribution < -0.4 is 5.73 Å². The van der Waals surface area contributed by atoms with Crippen molar-refractivity contribution >= 4 is 0 Å². The van der Waals surface area contributed by atoms with Gasteiger partial charge in [-0.2, -0.15) is 0 Å². The van der Waals surface area contributed by atoms with Crippen LogP contribution in [0.5, 0.6) is 0 Å². The van der Waals surface area contributed by atoms with Crippen molar-refractivity contribution in [1.82, 2.24) is 0 Å². The van der Waals surface area contributed by atoms with E-state index in [2.05, 4.69) is 0 Å². The largest absolute Gasteiger partial charge is 0.366 e. The number of hydrogen-bond donors (Lipinski definition) is 2. The number of hydrogen-bond acceptors (Lipinski definition) is 3. The Morgan fingerprint density at radius 1 is 1.67 bits per heavy atom. The van der Waals surface area contributed by atoms with Crippen molar-refractivity contribution in [1.29, 1.82) is 0 Å². The smallest absolute Gasteiger partial charge is 0.162 e. The molecule has 0 amide bonds. The van der Waals surface area contributed by atoms with Gasteiger partial charge < -0.3 is 15.6 Å². The highest BCUT2D eigenvalue weighted by Gasteiger charge is 2.16. The van der Waals surface area contributed by atoms with Gasteiger partial charge in [-0.1, -0.05) is 6.92 Å². The molecule has 3 N–H and O–H groups in total. The molecule has 0 rings (SSSR count). The van der Waals surface area contributed by atoms with Crippen LogP contribution >= 0.6 is 0 Å². The van der Waals surface area contributed by atoms with Gasteiger partial charge in [0.25, 0.3) is 0 Å². The lowest BCUT2D eigenvalue weighted by Gasteiger charge is -2.20. The zero-order valence-electron chi connectivity index (χ0n) is 6.05. The number of rotatable bonds is 4. The maximum atomic E-state index is 9.18. The maximum Gasteiger partial charge on any atom is 0.162 e. The van der Waals surface area contributed by atoms with Crippen molar-refractivity contribution in [3.05, 3.63) is 0 Å². The van der Waals surface area contributed by atoms with E-state index in [0.717, 1.165) is 0 Å². The van der Waals surface area contributed by atoms with Crippen LogP contribution in [0.3, 0.4) is 0 Å². The third-order valence-electron chi connectivity index (χ3n) is 1.19. The Balaban J connectivity index is 3.33. The van der Waals surface area contributed by atoms with Gasteiger partial charge in [0.1, 0.15) is 0 Å². The average molecular weight is 133 g/mol. The van der Waals surface area contributed by atoms with Gasteiger partial charge in [-0.25, -0.2) is 0 Å². The summed E-state index contributed by atoms with van der Waals surface area (Å²) in [6.45, 7) is 4.36. The summed E-state index contributed by atoms with van der Waals surface area (Å²) in [6.07, 6.45) is 0.590. The van der Waals surface area contributed by atoms with Crippen molar-refractivity contribution < 1.29 is 9.84 Å². The molecule has 0 saturated carbocycles. The highest BCUT2D eigenvalue weighted by molar-refractivity contribution is 4.54. The molecule has 0 spiro atoms. The first kappa shape index (κ1) is 8.88. The van der Waals surface area contributed by atoms with E-state index in [-0.39, 0.29) is 0 Å². The molecule has 0 aliphatic carbocycles. The molecule has 0 aromatic heterocycles. The third-order valence-corrected chi connectivity index (χ3v) is 1.19. The van der Waals surface area contributed by atoms with Crippen molar-refractivity contribution in [2.45, 2.75) is 26.1 Å². The molecule has 9 heavy (non-hydrogen) atoms. The molecule has 0 aliphatic heterocycles. The Hall–Kier alpha value is -0.120. The normalized spacial score (nSPS) is 17.3. The molecule has 0 radical (unpaired) electrons. The summed E-state index contributed by atoms with van der Waals surface area (Å²) < 4.78 is 4.96. The predicted molar refractivity (Wildman–Crippen MR) is 35.9 cm³/mol. The van der Waals surface area contributed by atoms with E-state index < -0.39 is 5.79 Å². The Bertz CT molecular complexity index is 73.5. The first-order valence-electron chi connectivity index (χ1n) is 3.19. The zero-order valence-corrected chi connectivity index (χ0v) is 6.05. The first-order chi connectivity index (χ1) is 4.12. The van der Waals surface area contributed by atoms with Crippen molar-refractivity contribution in [3.8, 4) is 0 Å². The van der Waals surface area contributed by atoms with Crippen molar-refractivity contribution in [2.24, 2.45) is 5.73 Å². The Morgan fingerprint density at radius 2 is 2.22 bits per heavy atom. The van der Waals surface area contributed by atoms with Crippen molar-refractivity contribution in [2.75, 3.05) is 13.2 Å². The van der Waals surface area contributed by atoms with Crippen LogP contribution in [0.2, 0.25) is 0 Å².